The largest absolute Gasteiger partial charge is 0.493 e. The molecule has 1 fully saturated rings. The van der Waals surface area contributed by atoms with Crippen molar-refractivity contribution in [3.63, 3.8) is 0 Å². The van der Waals surface area contributed by atoms with Crippen molar-refractivity contribution in [2.45, 2.75) is 6.61 Å². The second-order valence-corrected chi connectivity index (χ2v) is 7.31. The van der Waals surface area contributed by atoms with E-state index in [9.17, 15) is 19.6 Å². The van der Waals surface area contributed by atoms with Gasteiger partial charge in [0, 0.05) is 5.56 Å². The number of carbonyl (C=O) groups is 3. The predicted molar refractivity (Wildman–Crippen MR) is 113 cm³/mol. The highest BCUT2D eigenvalue weighted by Gasteiger charge is 2.36. The van der Waals surface area contributed by atoms with Gasteiger partial charge in [-0.05, 0) is 41.6 Å². The minimum atomic E-state index is -0.676. The maximum atomic E-state index is 12.4. The average molecular weight is 438 g/mol. The molecule has 2 amide bonds. The van der Waals surface area contributed by atoms with Crippen LogP contribution in [-0.2, 0) is 20.9 Å². The lowest BCUT2D eigenvalue weighted by atomic mass is 10.1. The second kappa shape index (κ2) is 9.82. The van der Waals surface area contributed by atoms with Gasteiger partial charge in [0.2, 0.25) is 0 Å². The number of imide groups is 1. The molecule has 1 aliphatic heterocycles. The summed E-state index contributed by atoms with van der Waals surface area (Å²) in [6, 6.07) is 14.3. The molecule has 0 aromatic heterocycles. The molecule has 0 bridgehead atoms. The first-order valence-corrected chi connectivity index (χ1v) is 9.89. The van der Waals surface area contributed by atoms with E-state index in [-0.39, 0.29) is 11.5 Å². The topological polar surface area (TPSA) is 106 Å². The van der Waals surface area contributed by atoms with Gasteiger partial charge in [0.1, 0.15) is 13.2 Å². The number of hydrogen-bond acceptors (Lipinski definition) is 8. The molecule has 1 heterocycles. The van der Waals surface area contributed by atoms with E-state index >= 15 is 0 Å². The highest BCUT2D eigenvalue weighted by molar-refractivity contribution is 8.18. The zero-order valence-corrected chi connectivity index (χ0v) is 17.6. The maximum absolute atomic E-state index is 12.4. The van der Waals surface area contributed by atoms with Crippen LogP contribution < -0.4 is 9.47 Å². The fourth-order valence-corrected chi connectivity index (χ4v) is 3.62. The quantitative estimate of drug-likeness (QED) is 0.479. The van der Waals surface area contributed by atoms with Gasteiger partial charge in [0.05, 0.1) is 30.8 Å². The van der Waals surface area contributed by atoms with Crippen LogP contribution in [0, 0.1) is 11.3 Å². The molecule has 1 saturated heterocycles. The molecule has 8 nitrogen and oxygen atoms in total. The van der Waals surface area contributed by atoms with Crippen LogP contribution in [0.1, 0.15) is 16.7 Å². The molecule has 0 unspecified atom stereocenters. The highest BCUT2D eigenvalue weighted by atomic mass is 32.2. The lowest BCUT2D eigenvalue weighted by Crippen LogP contribution is -2.34. The fourth-order valence-electron chi connectivity index (χ4n) is 2.79. The summed E-state index contributed by atoms with van der Waals surface area (Å²) in [5.74, 6) is -0.347. The third-order valence-electron chi connectivity index (χ3n) is 4.39. The minimum Gasteiger partial charge on any atom is -0.493 e. The Kier molecular flexibility index (Phi) is 6.95. The Morgan fingerprint density at radius 3 is 2.65 bits per heavy atom. The van der Waals surface area contributed by atoms with Crippen LogP contribution in [0.4, 0.5) is 4.79 Å². The number of amides is 2. The summed E-state index contributed by atoms with van der Waals surface area (Å²) >= 11 is 0.746. The van der Waals surface area contributed by atoms with Gasteiger partial charge in [0.25, 0.3) is 11.1 Å². The Morgan fingerprint density at radius 1 is 1.16 bits per heavy atom. The zero-order chi connectivity index (χ0) is 22.4. The van der Waals surface area contributed by atoms with E-state index in [1.165, 1.54) is 14.2 Å². The van der Waals surface area contributed by atoms with E-state index in [0.29, 0.717) is 22.6 Å². The molecule has 31 heavy (non-hydrogen) atoms. The van der Waals surface area contributed by atoms with Crippen LogP contribution in [-0.4, -0.2) is 42.8 Å². The third kappa shape index (κ3) is 5.05. The normalized spacial score (nSPS) is 14.5. The first kappa shape index (κ1) is 21.9. The lowest BCUT2D eigenvalue weighted by Gasteiger charge is -2.12. The van der Waals surface area contributed by atoms with Gasteiger partial charge in [-0.2, -0.15) is 5.26 Å². The van der Waals surface area contributed by atoms with Crippen molar-refractivity contribution in [1.29, 1.82) is 5.26 Å². The molecule has 0 atom stereocenters. The molecule has 3 rings (SSSR count). The van der Waals surface area contributed by atoms with E-state index in [2.05, 4.69) is 10.8 Å². The van der Waals surface area contributed by atoms with E-state index < -0.39 is 23.7 Å². The average Bonchev–Trinajstić information content (AvgIpc) is 3.05. The monoisotopic (exact) mass is 438 g/mol. The molecular formula is C22H18N2O6S. The molecule has 0 aliphatic carbocycles. The highest BCUT2D eigenvalue weighted by Crippen LogP contribution is 2.34. The first-order chi connectivity index (χ1) is 15.0. The second-order valence-electron chi connectivity index (χ2n) is 6.31. The number of ether oxygens (including phenoxy) is 3. The van der Waals surface area contributed by atoms with Gasteiger partial charge in [0.15, 0.2) is 11.5 Å². The van der Waals surface area contributed by atoms with Crippen LogP contribution in [0.25, 0.3) is 6.08 Å². The van der Waals surface area contributed by atoms with E-state index in [0.717, 1.165) is 22.2 Å². The van der Waals surface area contributed by atoms with E-state index in [1.54, 1.807) is 36.4 Å². The number of hydrogen-bond donors (Lipinski definition) is 0. The Bertz CT molecular complexity index is 1110. The van der Waals surface area contributed by atoms with Gasteiger partial charge < -0.3 is 14.2 Å². The van der Waals surface area contributed by atoms with Crippen molar-refractivity contribution < 1.29 is 28.6 Å². The number of thioether (sulfide) groups is 1. The molecule has 2 aromatic carbocycles. The third-order valence-corrected chi connectivity index (χ3v) is 5.30. The summed E-state index contributed by atoms with van der Waals surface area (Å²) in [4.78, 5) is 36.9. The first-order valence-electron chi connectivity index (χ1n) is 9.08. The van der Waals surface area contributed by atoms with E-state index in [4.69, 9.17) is 9.47 Å². The number of benzene rings is 2. The summed E-state index contributed by atoms with van der Waals surface area (Å²) in [6.07, 6.45) is 1.54. The van der Waals surface area contributed by atoms with Gasteiger partial charge in [-0.1, -0.05) is 24.3 Å². The molecule has 1 aliphatic rings. The number of nitrogens with zero attached hydrogens (tertiary/aromatic N) is 2. The summed E-state index contributed by atoms with van der Waals surface area (Å²) in [5, 5.41) is 8.65. The Balaban J connectivity index is 1.77. The fraction of sp³-hybridized carbons (Fsp3) is 0.182. The van der Waals surface area contributed by atoms with Crippen molar-refractivity contribution in [1.82, 2.24) is 4.90 Å². The van der Waals surface area contributed by atoms with Crippen LogP contribution in [0.5, 0.6) is 11.5 Å². The Hall–Kier alpha value is -3.77. The summed E-state index contributed by atoms with van der Waals surface area (Å²) in [6.45, 7) is -0.245. The summed E-state index contributed by atoms with van der Waals surface area (Å²) in [7, 11) is 2.67. The molecule has 9 heteroatoms. The molecule has 158 valence electrons. The number of rotatable bonds is 7. The number of nitriles is 1. The SMILES string of the molecule is COC(=O)CN1C(=O)S/C(=C\c2ccc(OCc3ccccc3C#N)c(OC)c2)C1=O. The number of esters is 1. The van der Waals surface area contributed by atoms with Crippen LogP contribution in [0.15, 0.2) is 47.4 Å². The minimum absolute atomic E-state index is 0.186. The zero-order valence-electron chi connectivity index (χ0n) is 16.8. The molecule has 0 N–H and O–H groups in total. The molecule has 2 aromatic rings. The van der Waals surface area contributed by atoms with Crippen molar-refractivity contribution in [2.75, 3.05) is 20.8 Å². The van der Waals surface area contributed by atoms with Gasteiger partial charge in [-0.3, -0.25) is 19.3 Å². The Labute approximate surface area is 183 Å². The van der Waals surface area contributed by atoms with Gasteiger partial charge in [-0.25, -0.2) is 0 Å². The number of carbonyl (C=O) groups excluding carboxylic acids is 3. The lowest BCUT2D eigenvalue weighted by molar-refractivity contribution is -0.143. The molecule has 0 radical (unpaired) electrons. The predicted octanol–water partition coefficient (Wildman–Crippen LogP) is 3.36. The van der Waals surface area contributed by atoms with E-state index in [1.807, 2.05) is 12.1 Å². The molecule has 0 spiro atoms. The van der Waals surface area contributed by atoms with Crippen molar-refractivity contribution in [3.05, 3.63) is 64.1 Å². The molecule has 0 saturated carbocycles. The Morgan fingerprint density at radius 2 is 1.94 bits per heavy atom. The van der Waals surface area contributed by atoms with Crippen molar-refractivity contribution in [2.24, 2.45) is 0 Å². The summed E-state index contributed by atoms with van der Waals surface area (Å²) in [5.41, 5.74) is 1.89. The van der Waals surface area contributed by atoms with Crippen LogP contribution in [0.2, 0.25) is 0 Å². The maximum Gasteiger partial charge on any atom is 0.325 e. The number of methoxy groups -OCH3 is 2. The van der Waals surface area contributed by atoms with Crippen LogP contribution in [0.3, 0.4) is 0 Å². The van der Waals surface area contributed by atoms with Gasteiger partial charge in [-0.15, -0.1) is 0 Å². The van der Waals surface area contributed by atoms with Gasteiger partial charge >= 0.3 is 5.97 Å². The van der Waals surface area contributed by atoms with Crippen molar-refractivity contribution >= 4 is 35.0 Å². The summed E-state index contributed by atoms with van der Waals surface area (Å²) < 4.78 is 15.7. The smallest absolute Gasteiger partial charge is 0.325 e. The molecular weight excluding hydrogens is 420 g/mol. The van der Waals surface area contributed by atoms with Crippen molar-refractivity contribution in [3.8, 4) is 17.6 Å². The standard InChI is InChI=1S/C22H18N2O6S/c1-28-18-9-14(10-19-21(26)24(22(27)31-19)12-20(25)29-2)7-8-17(18)30-13-16-6-4-3-5-15(16)11-23/h3-10H,12-13H2,1-2H3/b19-10-. The van der Waals surface area contributed by atoms with Crippen LogP contribution >= 0.6 is 11.8 Å².